The van der Waals surface area contributed by atoms with Gasteiger partial charge in [-0.05, 0) is 31.7 Å². The van der Waals surface area contributed by atoms with E-state index in [4.69, 9.17) is 0 Å². The first kappa shape index (κ1) is 18.3. The molecule has 0 fully saturated rings. The van der Waals surface area contributed by atoms with E-state index >= 15 is 0 Å². The van der Waals surface area contributed by atoms with Crippen LogP contribution in [0.2, 0.25) is 0 Å². The summed E-state index contributed by atoms with van der Waals surface area (Å²) in [5, 5.41) is 13.7. The fourth-order valence-corrected chi connectivity index (χ4v) is 4.22. The van der Waals surface area contributed by atoms with Gasteiger partial charge in [-0.2, -0.15) is 0 Å². The van der Waals surface area contributed by atoms with Gasteiger partial charge < -0.3 is 10.4 Å². The number of hydrogen-bond acceptors (Lipinski definition) is 5. The lowest BCUT2D eigenvalue weighted by atomic mass is 10.0. The van der Waals surface area contributed by atoms with Crippen LogP contribution in [-0.2, 0) is 4.79 Å². The summed E-state index contributed by atoms with van der Waals surface area (Å²) in [6.07, 6.45) is 0.531. The summed E-state index contributed by atoms with van der Waals surface area (Å²) in [6.45, 7) is 7.93. The molecule has 26 heavy (non-hydrogen) atoms. The molecule has 1 unspecified atom stereocenters. The van der Waals surface area contributed by atoms with Gasteiger partial charge in [0.25, 0.3) is 0 Å². The third-order valence-corrected chi connectivity index (χ3v) is 5.22. The average molecular weight is 369 g/mol. The molecule has 0 bridgehead atoms. The van der Waals surface area contributed by atoms with Crippen LogP contribution in [0.3, 0.4) is 0 Å². The molecule has 1 atom stereocenters. The van der Waals surface area contributed by atoms with Crippen molar-refractivity contribution in [2.75, 3.05) is 5.32 Å². The molecule has 0 aliphatic carbocycles. The molecule has 0 spiro atoms. The molecule has 2 N–H and O–H groups in total. The van der Waals surface area contributed by atoms with Crippen molar-refractivity contribution in [3.05, 3.63) is 41.0 Å². The Labute approximate surface area is 157 Å². The minimum atomic E-state index is -0.865. The first-order valence-corrected chi connectivity index (χ1v) is 9.51. The van der Waals surface area contributed by atoms with Crippen LogP contribution in [0.15, 0.2) is 30.3 Å². The van der Waals surface area contributed by atoms with E-state index in [9.17, 15) is 9.90 Å². The maximum absolute atomic E-state index is 11.7. The molecule has 2 heterocycles. The van der Waals surface area contributed by atoms with E-state index in [1.165, 1.54) is 0 Å². The Morgan fingerprint density at radius 2 is 1.88 bits per heavy atom. The lowest BCUT2D eigenvalue weighted by Gasteiger charge is -2.18. The first-order chi connectivity index (χ1) is 12.4. The van der Waals surface area contributed by atoms with E-state index in [0.717, 1.165) is 26.2 Å². The molecule has 3 aromatic rings. The van der Waals surface area contributed by atoms with Crippen LogP contribution in [0.5, 0.6) is 0 Å². The van der Waals surface area contributed by atoms with Crippen molar-refractivity contribution in [3.8, 4) is 11.1 Å². The monoisotopic (exact) mass is 369 g/mol. The van der Waals surface area contributed by atoms with Crippen molar-refractivity contribution < 1.29 is 9.90 Å². The van der Waals surface area contributed by atoms with Gasteiger partial charge in [0.15, 0.2) is 0 Å². The van der Waals surface area contributed by atoms with Crippen molar-refractivity contribution in [2.24, 2.45) is 5.92 Å². The van der Waals surface area contributed by atoms with Gasteiger partial charge in [0.05, 0.1) is 5.39 Å². The molecule has 0 saturated carbocycles. The summed E-state index contributed by atoms with van der Waals surface area (Å²) >= 11 is 1.61. The van der Waals surface area contributed by atoms with Crippen molar-refractivity contribution in [1.29, 1.82) is 0 Å². The minimum Gasteiger partial charge on any atom is -0.480 e. The van der Waals surface area contributed by atoms with E-state index < -0.39 is 12.0 Å². The highest BCUT2D eigenvalue weighted by Gasteiger charge is 2.23. The molecule has 0 amide bonds. The number of rotatable bonds is 6. The molecule has 0 aliphatic heterocycles. The molecule has 0 aliphatic rings. The number of anilines is 1. The summed E-state index contributed by atoms with van der Waals surface area (Å²) in [7, 11) is 0. The third kappa shape index (κ3) is 3.70. The van der Waals surface area contributed by atoms with Crippen LogP contribution < -0.4 is 5.32 Å². The standard InChI is InChI=1S/C20H23N3O2S/c1-11(2)10-15(20(24)25)23-18-17-16(14-8-6-5-7-9-14)12(3)26-19(17)22-13(4)21-18/h5-9,11,15H,10H2,1-4H3,(H,24,25)(H,21,22,23). The Morgan fingerprint density at radius 3 is 2.50 bits per heavy atom. The smallest absolute Gasteiger partial charge is 0.326 e. The summed E-state index contributed by atoms with van der Waals surface area (Å²) in [5.41, 5.74) is 2.16. The zero-order valence-electron chi connectivity index (χ0n) is 15.4. The van der Waals surface area contributed by atoms with E-state index in [-0.39, 0.29) is 5.92 Å². The molecule has 1 aromatic carbocycles. The Balaban J connectivity index is 2.17. The maximum Gasteiger partial charge on any atom is 0.326 e. The zero-order valence-corrected chi connectivity index (χ0v) is 16.2. The predicted octanol–water partition coefficient (Wildman–Crippen LogP) is 4.89. The Hall–Kier alpha value is -2.47. The molecule has 136 valence electrons. The normalized spacial score (nSPS) is 12.5. The number of carbonyl (C=O) groups is 1. The van der Waals surface area contributed by atoms with Gasteiger partial charge in [-0.25, -0.2) is 14.8 Å². The Morgan fingerprint density at radius 1 is 1.19 bits per heavy atom. The number of benzene rings is 1. The number of aromatic nitrogens is 2. The summed E-state index contributed by atoms with van der Waals surface area (Å²) in [4.78, 5) is 22.9. The number of aliphatic carboxylic acids is 1. The van der Waals surface area contributed by atoms with E-state index in [2.05, 4.69) is 34.3 Å². The van der Waals surface area contributed by atoms with Crippen molar-refractivity contribution in [3.63, 3.8) is 0 Å². The number of nitrogens with zero attached hydrogens (tertiary/aromatic N) is 2. The number of nitrogens with one attached hydrogen (secondary N) is 1. The SMILES string of the molecule is Cc1nc(NC(CC(C)C)C(=O)O)c2c(-c3ccccc3)c(C)sc2n1. The highest BCUT2D eigenvalue weighted by Crippen LogP contribution is 2.40. The second-order valence-corrected chi connectivity index (χ2v) is 8.07. The fourth-order valence-electron chi connectivity index (χ4n) is 3.13. The van der Waals surface area contributed by atoms with Crippen LogP contribution in [0.25, 0.3) is 21.3 Å². The first-order valence-electron chi connectivity index (χ1n) is 8.69. The Bertz CT molecular complexity index is 935. The molecule has 6 heteroatoms. The van der Waals surface area contributed by atoms with Crippen LogP contribution in [0.4, 0.5) is 5.82 Å². The number of aryl methyl sites for hydroxylation is 2. The molecule has 3 rings (SSSR count). The highest BCUT2D eigenvalue weighted by atomic mass is 32.1. The lowest BCUT2D eigenvalue weighted by molar-refractivity contribution is -0.138. The van der Waals surface area contributed by atoms with Crippen LogP contribution in [0, 0.1) is 19.8 Å². The predicted molar refractivity (Wildman–Crippen MR) is 107 cm³/mol. The Kier molecular flexibility index (Phi) is 5.23. The third-order valence-electron chi connectivity index (χ3n) is 4.22. The van der Waals surface area contributed by atoms with Gasteiger partial charge in [0.2, 0.25) is 0 Å². The lowest BCUT2D eigenvalue weighted by Crippen LogP contribution is -2.31. The molecule has 0 saturated heterocycles. The molecule has 0 radical (unpaired) electrons. The van der Waals surface area contributed by atoms with Crippen molar-refractivity contribution in [2.45, 2.75) is 40.2 Å². The molecule has 2 aromatic heterocycles. The van der Waals surface area contributed by atoms with Crippen LogP contribution >= 0.6 is 11.3 Å². The second-order valence-electron chi connectivity index (χ2n) is 6.86. The second kappa shape index (κ2) is 7.41. The number of carboxylic acid groups (broad SMARTS) is 1. The van der Waals surface area contributed by atoms with Gasteiger partial charge >= 0.3 is 5.97 Å². The fraction of sp³-hybridized carbons (Fsp3) is 0.350. The van der Waals surface area contributed by atoms with E-state index in [1.54, 1.807) is 11.3 Å². The maximum atomic E-state index is 11.7. The number of carboxylic acids is 1. The number of hydrogen-bond donors (Lipinski definition) is 2. The average Bonchev–Trinajstić information content (AvgIpc) is 2.90. The molecule has 5 nitrogen and oxygen atoms in total. The van der Waals surface area contributed by atoms with E-state index in [0.29, 0.717) is 18.1 Å². The number of fused-ring (bicyclic) bond motifs is 1. The van der Waals surface area contributed by atoms with Gasteiger partial charge in [-0.3, -0.25) is 0 Å². The van der Waals surface area contributed by atoms with Crippen LogP contribution in [-0.4, -0.2) is 27.1 Å². The minimum absolute atomic E-state index is 0.264. The molecular formula is C20H23N3O2S. The number of thiophene rings is 1. The zero-order chi connectivity index (χ0) is 18.8. The summed E-state index contributed by atoms with van der Waals surface area (Å²) in [5.74, 6) is 0.634. The molecular weight excluding hydrogens is 346 g/mol. The van der Waals surface area contributed by atoms with Crippen molar-refractivity contribution in [1.82, 2.24) is 9.97 Å². The van der Waals surface area contributed by atoms with Crippen molar-refractivity contribution >= 4 is 33.3 Å². The highest BCUT2D eigenvalue weighted by molar-refractivity contribution is 7.19. The van der Waals surface area contributed by atoms with Gasteiger partial charge in [-0.1, -0.05) is 44.2 Å². The quantitative estimate of drug-likeness (QED) is 0.647. The van der Waals surface area contributed by atoms with Crippen LogP contribution in [0.1, 0.15) is 31.0 Å². The van der Waals surface area contributed by atoms with E-state index in [1.807, 2.05) is 39.0 Å². The van der Waals surface area contributed by atoms with Gasteiger partial charge in [0.1, 0.15) is 22.5 Å². The largest absolute Gasteiger partial charge is 0.480 e. The summed E-state index contributed by atoms with van der Waals surface area (Å²) < 4.78 is 0. The topological polar surface area (TPSA) is 75.1 Å². The van der Waals surface area contributed by atoms with Gasteiger partial charge in [-0.15, -0.1) is 11.3 Å². The van der Waals surface area contributed by atoms with Gasteiger partial charge in [0, 0.05) is 10.4 Å². The summed E-state index contributed by atoms with van der Waals surface area (Å²) in [6, 6.07) is 9.41.